The number of urea groups is 1. The maximum atomic E-state index is 12.5. The maximum absolute atomic E-state index is 12.5. The second kappa shape index (κ2) is 7.88. The number of anilines is 1. The van der Waals surface area contributed by atoms with Crippen molar-refractivity contribution >= 4 is 23.4 Å². The Morgan fingerprint density at radius 1 is 1.44 bits per heavy atom. The summed E-state index contributed by atoms with van der Waals surface area (Å²) in [4.78, 5) is 39.2. The molecule has 1 aliphatic heterocycles. The van der Waals surface area contributed by atoms with Crippen LogP contribution in [0.5, 0.6) is 0 Å². The van der Waals surface area contributed by atoms with Crippen LogP contribution in [-0.4, -0.2) is 51.0 Å². The molecule has 1 aromatic heterocycles. The van der Waals surface area contributed by atoms with Gasteiger partial charge in [0, 0.05) is 25.4 Å². The monoisotopic (exact) mass is 350 g/mol. The van der Waals surface area contributed by atoms with Crippen molar-refractivity contribution in [3.05, 3.63) is 28.4 Å². The fourth-order valence-corrected chi connectivity index (χ4v) is 2.53. The van der Waals surface area contributed by atoms with E-state index in [2.05, 4.69) is 10.3 Å². The molecule has 10 nitrogen and oxygen atoms in total. The van der Waals surface area contributed by atoms with Crippen molar-refractivity contribution < 1.29 is 14.5 Å². The van der Waals surface area contributed by atoms with Crippen molar-refractivity contribution in [2.45, 2.75) is 32.7 Å². The fraction of sp³-hybridized carbons (Fsp3) is 0.533. The number of hydrazine groups is 1. The van der Waals surface area contributed by atoms with Crippen molar-refractivity contribution in [2.24, 2.45) is 11.7 Å². The summed E-state index contributed by atoms with van der Waals surface area (Å²) in [5.74, 6) is -0.518. The average Bonchev–Trinajstić information content (AvgIpc) is 3.09. The molecule has 2 heterocycles. The number of pyridine rings is 1. The van der Waals surface area contributed by atoms with E-state index in [4.69, 9.17) is 5.73 Å². The third kappa shape index (κ3) is 4.02. The van der Waals surface area contributed by atoms with Gasteiger partial charge in [0.2, 0.25) is 5.82 Å². The van der Waals surface area contributed by atoms with Gasteiger partial charge in [0.1, 0.15) is 0 Å². The number of nitrogens with zero attached hydrogens (tertiary/aromatic N) is 4. The molecule has 0 radical (unpaired) electrons. The molecule has 0 bridgehead atoms. The number of carbonyl (C=O) groups excluding carboxylic acids is 2. The lowest BCUT2D eigenvalue weighted by atomic mass is 9.99. The van der Waals surface area contributed by atoms with Crippen molar-refractivity contribution in [3.8, 4) is 0 Å². The van der Waals surface area contributed by atoms with Crippen LogP contribution >= 0.6 is 0 Å². The summed E-state index contributed by atoms with van der Waals surface area (Å²) >= 11 is 0. The fourth-order valence-electron chi connectivity index (χ4n) is 2.53. The minimum absolute atomic E-state index is 0.0186. The topological polar surface area (TPSA) is 135 Å². The van der Waals surface area contributed by atoms with Crippen LogP contribution in [0.25, 0.3) is 0 Å². The Hall–Kier alpha value is -2.75. The highest BCUT2D eigenvalue weighted by Gasteiger charge is 2.35. The summed E-state index contributed by atoms with van der Waals surface area (Å²) in [6, 6.07) is 1.30. The van der Waals surface area contributed by atoms with Gasteiger partial charge in [-0.25, -0.2) is 19.8 Å². The van der Waals surface area contributed by atoms with Gasteiger partial charge in [-0.1, -0.05) is 20.3 Å². The van der Waals surface area contributed by atoms with Gasteiger partial charge in [-0.3, -0.25) is 20.2 Å². The van der Waals surface area contributed by atoms with E-state index in [1.54, 1.807) is 0 Å². The zero-order valence-electron chi connectivity index (χ0n) is 14.2. The number of nitrogens with two attached hydrogens (primary N) is 1. The Kier molecular flexibility index (Phi) is 5.86. The van der Waals surface area contributed by atoms with Crippen LogP contribution < -0.4 is 11.1 Å². The van der Waals surface area contributed by atoms with Crippen molar-refractivity contribution in [3.63, 3.8) is 0 Å². The quantitative estimate of drug-likeness (QED) is 0.608. The largest absolute Gasteiger partial charge is 0.342 e. The molecular formula is C15H22N6O4. The van der Waals surface area contributed by atoms with E-state index in [1.807, 2.05) is 13.8 Å². The molecule has 1 fully saturated rings. The van der Waals surface area contributed by atoms with Gasteiger partial charge in [-0.15, -0.1) is 0 Å². The number of amides is 3. The van der Waals surface area contributed by atoms with Crippen LogP contribution in [-0.2, 0) is 4.79 Å². The third-order valence-corrected chi connectivity index (χ3v) is 4.27. The van der Waals surface area contributed by atoms with Gasteiger partial charge in [0.25, 0.3) is 5.91 Å². The molecule has 1 saturated heterocycles. The summed E-state index contributed by atoms with van der Waals surface area (Å²) in [6.07, 6.45) is 2.69. The van der Waals surface area contributed by atoms with Crippen LogP contribution in [0.1, 0.15) is 26.7 Å². The van der Waals surface area contributed by atoms with Crippen LogP contribution in [0.2, 0.25) is 0 Å². The number of nitrogens with one attached hydrogen (secondary N) is 1. The highest BCUT2D eigenvalue weighted by molar-refractivity contribution is 5.93. The lowest BCUT2D eigenvalue weighted by molar-refractivity contribution is -0.384. The lowest BCUT2D eigenvalue weighted by Gasteiger charge is -2.31. The number of hydrogen-bond donors (Lipinski definition) is 2. The smallest absolute Gasteiger partial charge is 0.320 e. The highest BCUT2D eigenvalue weighted by atomic mass is 16.6. The van der Waals surface area contributed by atoms with Gasteiger partial charge in [-0.2, -0.15) is 0 Å². The van der Waals surface area contributed by atoms with Crippen LogP contribution in [0.15, 0.2) is 18.3 Å². The summed E-state index contributed by atoms with van der Waals surface area (Å²) in [5, 5.41) is 15.9. The van der Waals surface area contributed by atoms with Gasteiger partial charge in [0.05, 0.1) is 11.0 Å². The molecule has 0 aromatic carbocycles. The van der Waals surface area contributed by atoms with E-state index in [1.165, 1.54) is 28.3 Å². The summed E-state index contributed by atoms with van der Waals surface area (Å²) < 4.78 is 0. The molecule has 2 rings (SSSR count). The lowest BCUT2D eigenvalue weighted by Crippen LogP contribution is -2.53. The molecule has 0 saturated carbocycles. The molecule has 25 heavy (non-hydrogen) atoms. The first-order chi connectivity index (χ1) is 11.9. The van der Waals surface area contributed by atoms with Crippen molar-refractivity contribution in [2.75, 3.05) is 18.4 Å². The second-order valence-electron chi connectivity index (χ2n) is 5.91. The molecule has 3 N–H and O–H groups in total. The Labute approximate surface area is 145 Å². The number of hydrogen-bond acceptors (Lipinski definition) is 6. The minimum Gasteiger partial charge on any atom is -0.320 e. The molecule has 0 unspecified atom stereocenters. The summed E-state index contributed by atoms with van der Waals surface area (Å²) in [5.41, 5.74) is 5.66. The number of nitro groups is 1. The third-order valence-electron chi connectivity index (χ3n) is 4.27. The van der Waals surface area contributed by atoms with Crippen LogP contribution in [0, 0.1) is 16.0 Å². The number of aromatic nitrogens is 1. The van der Waals surface area contributed by atoms with E-state index in [0.717, 1.165) is 6.42 Å². The van der Waals surface area contributed by atoms with Crippen molar-refractivity contribution in [1.29, 1.82) is 0 Å². The normalized spacial score (nSPS) is 16.4. The molecule has 10 heteroatoms. The van der Waals surface area contributed by atoms with Crippen LogP contribution in [0.3, 0.4) is 0 Å². The molecule has 1 aliphatic rings. The summed E-state index contributed by atoms with van der Waals surface area (Å²) in [7, 11) is 0. The predicted molar refractivity (Wildman–Crippen MR) is 90.4 cm³/mol. The molecular weight excluding hydrogens is 328 g/mol. The van der Waals surface area contributed by atoms with E-state index in [9.17, 15) is 19.7 Å². The molecule has 2 atom stereocenters. The minimum atomic E-state index is -0.706. The molecule has 136 valence electrons. The maximum Gasteiger partial charge on any atom is 0.342 e. The zero-order valence-corrected chi connectivity index (χ0v) is 14.2. The standard InChI is InChI=1S/C15H22N6O4/c1-3-10(2)12(16)14(22)19-8-5-9-20(19)15(23)18-13-11(21(24)25)6-4-7-17-13/h4,6-7,10,12H,3,5,8-9,16H2,1-2H3,(H,17,18,23)/t10-,12-/m0/s1. The number of rotatable bonds is 5. The van der Waals surface area contributed by atoms with E-state index >= 15 is 0 Å². The Morgan fingerprint density at radius 3 is 2.76 bits per heavy atom. The van der Waals surface area contributed by atoms with Gasteiger partial charge < -0.3 is 5.73 Å². The van der Waals surface area contributed by atoms with E-state index in [0.29, 0.717) is 19.5 Å². The van der Waals surface area contributed by atoms with Gasteiger partial charge in [0.15, 0.2) is 0 Å². The second-order valence-corrected chi connectivity index (χ2v) is 5.91. The van der Waals surface area contributed by atoms with Gasteiger partial charge in [-0.05, 0) is 18.4 Å². The Bertz CT molecular complexity index is 667. The van der Waals surface area contributed by atoms with E-state index in [-0.39, 0.29) is 23.3 Å². The predicted octanol–water partition coefficient (Wildman–Crippen LogP) is 1.34. The van der Waals surface area contributed by atoms with Crippen LogP contribution in [0.4, 0.5) is 16.3 Å². The first kappa shape index (κ1) is 18.6. The first-order valence-corrected chi connectivity index (χ1v) is 8.11. The van der Waals surface area contributed by atoms with Gasteiger partial charge >= 0.3 is 11.7 Å². The van der Waals surface area contributed by atoms with E-state index < -0.39 is 17.0 Å². The zero-order chi connectivity index (χ0) is 18.6. The SMILES string of the molecule is CC[C@H](C)[C@H](N)C(=O)N1CCCN1C(=O)Nc1ncccc1[N+](=O)[O-]. The molecule has 0 aliphatic carbocycles. The molecule has 3 amide bonds. The summed E-state index contributed by atoms with van der Waals surface area (Å²) in [6.45, 7) is 4.51. The first-order valence-electron chi connectivity index (χ1n) is 8.11. The average molecular weight is 350 g/mol. The highest BCUT2D eigenvalue weighted by Crippen LogP contribution is 2.22. The van der Waals surface area contributed by atoms with Crippen molar-refractivity contribution in [1.82, 2.24) is 15.0 Å². The number of carbonyl (C=O) groups is 2. The Morgan fingerprint density at radius 2 is 2.12 bits per heavy atom. The Balaban J connectivity index is 2.13. The molecule has 1 aromatic rings. The molecule has 0 spiro atoms.